The van der Waals surface area contributed by atoms with Crippen LogP contribution in [-0.4, -0.2) is 53.2 Å². The molecular formula is C26H33ClN4O2. The molecule has 6 nitrogen and oxygen atoms in total. The first-order valence-electron chi connectivity index (χ1n) is 11.8. The number of piperidine rings is 1. The van der Waals surface area contributed by atoms with E-state index in [2.05, 4.69) is 22.8 Å². The van der Waals surface area contributed by atoms with E-state index in [-0.39, 0.29) is 17.9 Å². The number of hydrogen-bond donors (Lipinski definition) is 1. The maximum Gasteiger partial charge on any atom is 0.224 e. The molecule has 1 fully saturated rings. The van der Waals surface area contributed by atoms with Gasteiger partial charge in [0.25, 0.3) is 0 Å². The van der Waals surface area contributed by atoms with Crippen molar-refractivity contribution < 1.29 is 9.53 Å². The zero-order valence-corrected chi connectivity index (χ0v) is 20.0. The number of fused-ring (bicyclic) bond motifs is 1. The lowest BCUT2D eigenvalue weighted by molar-refractivity contribution is -0.132. The minimum Gasteiger partial charge on any atom is -0.385 e. The minimum atomic E-state index is -0.227. The smallest absolute Gasteiger partial charge is 0.224 e. The molecule has 33 heavy (non-hydrogen) atoms. The van der Waals surface area contributed by atoms with Crippen LogP contribution in [0.4, 0.5) is 0 Å². The van der Waals surface area contributed by atoms with Crippen molar-refractivity contribution in [3.63, 3.8) is 0 Å². The third-order valence-electron chi connectivity index (χ3n) is 6.38. The third-order valence-corrected chi connectivity index (χ3v) is 6.61. The molecule has 2 aromatic carbocycles. The second kappa shape index (κ2) is 11.1. The molecule has 1 aliphatic heterocycles. The highest BCUT2D eigenvalue weighted by Crippen LogP contribution is 2.30. The number of hydrogen-bond acceptors (Lipinski definition) is 4. The quantitative estimate of drug-likeness (QED) is 0.472. The predicted molar refractivity (Wildman–Crippen MR) is 133 cm³/mol. The van der Waals surface area contributed by atoms with Gasteiger partial charge in [-0.1, -0.05) is 35.9 Å². The largest absolute Gasteiger partial charge is 0.385 e. The lowest BCUT2D eigenvalue weighted by Crippen LogP contribution is -2.42. The molecule has 0 saturated carbocycles. The van der Waals surface area contributed by atoms with Crippen LogP contribution in [-0.2, 0) is 22.5 Å². The number of carbonyl (C=O) groups is 1. The third kappa shape index (κ3) is 5.94. The highest BCUT2D eigenvalue weighted by molar-refractivity contribution is 6.30. The summed E-state index contributed by atoms with van der Waals surface area (Å²) in [7, 11) is 1.73. The summed E-state index contributed by atoms with van der Waals surface area (Å²) in [6.07, 6.45) is 3.91. The van der Waals surface area contributed by atoms with Gasteiger partial charge in [-0.3, -0.25) is 4.79 Å². The number of ether oxygens (including phenoxy) is 1. The molecule has 0 spiro atoms. The maximum absolute atomic E-state index is 13.1. The van der Waals surface area contributed by atoms with Crippen LogP contribution < -0.4 is 5.73 Å². The van der Waals surface area contributed by atoms with Crippen molar-refractivity contribution >= 4 is 28.5 Å². The molecule has 3 aromatic rings. The topological polar surface area (TPSA) is 73.4 Å². The molecule has 4 rings (SSSR count). The van der Waals surface area contributed by atoms with Gasteiger partial charge in [-0.25, -0.2) is 4.98 Å². The molecule has 176 valence electrons. The van der Waals surface area contributed by atoms with Crippen LogP contribution in [0.1, 0.15) is 43.0 Å². The number of carbonyl (C=O) groups excluding carboxylic acids is 1. The van der Waals surface area contributed by atoms with Crippen molar-refractivity contribution in [2.24, 2.45) is 5.73 Å². The highest BCUT2D eigenvalue weighted by Gasteiger charge is 2.29. The first-order chi connectivity index (χ1) is 16.0. The van der Waals surface area contributed by atoms with E-state index in [1.54, 1.807) is 7.11 Å². The zero-order valence-electron chi connectivity index (χ0n) is 19.3. The molecule has 2 heterocycles. The monoisotopic (exact) mass is 468 g/mol. The Labute approximate surface area is 200 Å². The van der Waals surface area contributed by atoms with Gasteiger partial charge in [0.1, 0.15) is 5.82 Å². The summed E-state index contributed by atoms with van der Waals surface area (Å²) >= 11 is 6.08. The van der Waals surface area contributed by atoms with E-state index in [0.29, 0.717) is 31.0 Å². The summed E-state index contributed by atoms with van der Waals surface area (Å²) in [4.78, 5) is 20.0. The summed E-state index contributed by atoms with van der Waals surface area (Å²) in [5.41, 5.74) is 9.55. The Bertz CT molecular complexity index is 1080. The van der Waals surface area contributed by atoms with Gasteiger partial charge in [0, 0.05) is 56.8 Å². The number of para-hydroxylation sites is 2. The molecule has 1 saturated heterocycles. The van der Waals surface area contributed by atoms with Crippen LogP contribution in [0.3, 0.4) is 0 Å². The Balaban J connectivity index is 1.44. The van der Waals surface area contributed by atoms with Crippen molar-refractivity contribution in [3.05, 3.63) is 64.9 Å². The first kappa shape index (κ1) is 23.7. The Morgan fingerprint density at radius 3 is 2.94 bits per heavy atom. The van der Waals surface area contributed by atoms with Gasteiger partial charge in [-0.2, -0.15) is 0 Å². The minimum absolute atomic E-state index is 0.122. The fourth-order valence-corrected chi connectivity index (χ4v) is 5.03. The van der Waals surface area contributed by atoms with Crippen LogP contribution in [0.2, 0.25) is 5.02 Å². The van der Waals surface area contributed by atoms with Gasteiger partial charge in [0.2, 0.25) is 5.91 Å². The molecule has 7 heteroatoms. The Morgan fingerprint density at radius 2 is 2.12 bits per heavy atom. The van der Waals surface area contributed by atoms with Gasteiger partial charge >= 0.3 is 0 Å². The van der Waals surface area contributed by atoms with E-state index in [0.717, 1.165) is 54.8 Å². The van der Waals surface area contributed by atoms with Crippen LogP contribution >= 0.6 is 11.6 Å². The van der Waals surface area contributed by atoms with Crippen molar-refractivity contribution in [3.8, 4) is 0 Å². The van der Waals surface area contributed by atoms with E-state index < -0.39 is 0 Å². The molecule has 0 unspecified atom stereocenters. The van der Waals surface area contributed by atoms with Crippen LogP contribution in [0.5, 0.6) is 0 Å². The number of methoxy groups -OCH3 is 1. The summed E-state index contributed by atoms with van der Waals surface area (Å²) in [6.45, 7) is 3.05. The predicted octanol–water partition coefficient (Wildman–Crippen LogP) is 4.39. The normalized spacial score (nSPS) is 17.4. The summed E-state index contributed by atoms with van der Waals surface area (Å²) in [5, 5.41) is 0.693. The van der Waals surface area contributed by atoms with Crippen molar-refractivity contribution in [1.29, 1.82) is 0 Å². The van der Waals surface area contributed by atoms with Gasteiger partial charge in [-0.05, 0) is 55.5 Å². The van der Waals surface area contributed by atoms with Gasteiger partial charge in [-0.15, -0.1) is 0 Å². The second-order valence-corrected chi connectivity index (χ2v) is 9.37. The number of imidazole rings is 1. The molecule has 2 atom stereocenters. The molecule has 1 amide bonds. The lowest BCUT2D eigenvalue weighted by Gasteiger charge is -2.33. The summed E-state index contributed by atoms with van der Waals surface area (Å²) in [6, 6.07) is 15.7. The van der Waals surface area contributed by atoms with Crippen molar-refractivity contribution in [2.45, 2.75) is 50.6 Å². The number of halogens is 1. The number of aromatic nitrogens is 2. The number of rotatable bonds is 9. The fourth-order valence-electron chi connectivity index (χ4n) is 4.81. The maximum atomic E-state index is 13.1. The number of nitrogens with zero attached hydrogens (tertiary/aromatic N) is 3. The molecule has 1 aliphatic rings. The van der Waals surface area contributed by atoms with Crippen LogP contribution in [0.15, 0.2) is 48.5 Å². The summed E-state index contributed by atoms with van der Waals surface area (Å²) < 4.78 is 7.58. The van der Waals surface area contributed by atoms with Gasteiger partial charge in [0.15, 0.2) is 0 Å². The first-order valence-corrected chi connectivity index (χ1v) is 12.1. The number of aryl methyl sites for hydroxylation is 1. The second-order valence-electron chi connectivity index (χ2n) is 8.93. The standard InChI is InChI=1S/C26H33ClN4O2/c1-33-14-6-13-31-24-11-3-2-10-23(24)29-26(31)20-8-5-12-30(18-20)25(32)17-22(28)16-19-7-4-9-21(27)15-19/h2-4,7,9-11,15,20,22H,5-6,8,12-14,16-18,28H2,1H3/t20-,22-/m1/s1. The molecule has 0 aliphatic carbocycles. The van der Waals surface area contributed by atoms with E-state index in [1.165, 1.54) is 0 Å². The van der Waals surface area contributed by atoms with Gasteiger partial charge < -0.3 is 19.9 Å². The van der Waals surface area contributed by atoms with Crippen molar-refractivity contribution in [2.75, 3.05) is 26.8 Å². The molecule has 0 bridgehead atoms. The Hall–Kier alpha value is -2.41. The fraction of sp³-hybridized carbons (Fsp3) is 0.462. The average Bonchev–Trinajstić information content (AvgIpc) is 3.18. The van der Waals surface area contributed by atoms with E-state index >= 15 is 0 Å². The number of likely N-dealkylation sites (tertiary alicyclic amines) is 1. The lowest BCUT2D eigenvalue weighted by atomic mass is 9.96. The SMILES string of the molecule is COCCCn1c([C@@H]2CCCN(C(=O)C[C@H](N)Cc3cccc(Cl)c3)C2)nc2ccccc21. The van der Waals surface area contributed by atoms with E-state index in [4.69, 9.17) is 27.1 Å². The molecule has 0 radical (unpaired) electrons. The van der Waals surface area contributed by atoms with Crippen LogP contribution in [0.25, 0.3) is 11.0 Å². The van der Waals surface area contributed by atoms with E-state index in [9.17, 15) is 4.79 Å². The Kier molecular flexibility index (Phi) is 8.02. The van der Waals surface area contributed by atoms with Crippen LogP contribution in [0, 0.1) is 0 Å². The molecular weight excluding hydrogens is 436 g/mol. The van der Waals surface area contributed by atoms with Crippen molar-refractivity contribution in [1.82, 2.24) is 14.5 Å². The van der Waals surface area contributed by atoms with E-state index in [1.807, 2.05) is 35.2 Å². The number of amides is 1. The highest BCUT2D eigenvalue weighted by atomic mass is 35.5. The molecule has 2 N–H and O–H groups in total. The molecule has 1 aromatic heterocycles. The summed E-state index contributed by atoms with van der Waals surface area (Å²) in [5.74, 6) is 1.42. The number of benzene rings is 2. The zero-order chi connectivity index (χ0) is 23.2. The average molecular weight is 469 g/mol. The van der Waals surface area contributed by atoms with Gasteiger partial charge in [0.05, 0.1) is 11.0 Å². The number of nitrogens with two attached hydrogens (primary N) is 1. The Morgan fingerprint density at radius 1 is 1.27 bits per heavy atom.